The Bertz CT molecular complexity index is 1150. The smallest absolute Gasteiger partial charge is 0.174 e. The Hall–Kier alpha value is -3.36. The molecule has 4 rings (SSSR count). The fourth-order valence-electron chi connectivity index (χ4n) is 2.55. The molecule has 0 aliphatic rings. The Morgan fingerprint density at radius 2 is 1.77 bits per heavy atom. The lowest BCUT2D eigenvalue weighted by molar-refractivity contribution is 0.630. The summed E-state index contributed by atoms with van der Waals surface area (Å²) >= 11 is 5.92. The van der Waals surface area contributed by atoms with Gasteiger partial charge in [0.2, 0.25) is 0 Å². The monoisotopic (exact) mass is 362 g/mol. The predicted molar refractivity (Wildman–Crippen MR) is 100 cm³/mol. The second-order valence-electron chi connectivity index (χ2n) is 5.64. The molecule has 3 heterocycles. The van der Waals surface area contributed by atoms with E-state index in [4.69, 9.17) is 17.3 Å². The van der Waals surface area contributed by atoms with E-state index in [1.165, 1.54) is 6.07 Å². The van der Waals surface area contributed by atoms with Crippen LogP contribution >= 0.6 is 11.6 Å². The van der Waals surface area contributed by atoms with Crippen LogP contribution in [0.25, 0.3) is 16.8 Å². The van der Waals surface area contributed by atoms with Crippen LogP contribution in [-0.2, 0) is 0 Å². The molecule has 4 aromatic rings. The number of hydrogen-bond donors (Lipinski definition) is 1. The number of anilines is 1. The molecule has 4 nitrogen and oxygen atoms in total. The van der Waals surface area contributed by atoms with Crippen LogP contribution in [-0.4, -0.2) is 14.4 Å². The summed E-state index contributed by atoms with van der Waals surface area (Å²) in [5, 5.41) is 0.626. The molecular formula is C20H12ClFN4. The third-order valence-corrected chi connectivity index (χ3v) is 4.11. The highest BCUT2D eigenvalue weighted by molar-refractivity contribution is 6.30. The highest BCUT2D eigenvalue weighted by atomic mass is 35.5. The van der Waals surface area contributed by atoms with Crippen LogP contribution < -0.4 is 5.73 Å². The van der Waals surface area contributed by atoms with Crippen LogP contribution in [0, 0.1) is 17.7 Å². The number of hydrogen-bond acceptors (Lipinski definition) is 3. The van der Waals surface area contributed by atoms with E-state index < -0.39 is 5.82 Å². The molecule has 0 atom stereocenters. The van der Waals surface area contributed by atoms with Gasteiger partial charge in [0.15, 0.2) is 11.5 Å². The second kappa shape index (κ2) is 6.51. The largest absolute Gasteiger partial charge is 0.384 e. The van der Waals surface area contributed by atoms with Gasteiger partial charge in [-0.05, 0) is 41.8 Å². The maximum atomic E-state index is 14.5. The molecule has 0 spiro atoms. The Balaban J connectivity index is 1.79. The van der Waals surface area contributed by atoms with E-state index in [9.17, 15) is 4.39 Å². The number of nitrogens with zero attached hydrogens (tertiary/aromatic N) is 3. The summed E-state index contributed by atoms with van der Waals surface area (Å²) < 4.78 is 16.1. The van der Waals surface area contributed by atoms with Gasteiger partial charge in [-0.2, -0.15) is 0 Å². The summed E-state index contributed by atoms with van der Waals surface area (Å²) in [5.74, 6) is 6.00. The number of nitrogens with two attached hydrogens (primary N) is 1. The van der Waals surface area contributed by atoms with Gasteiger partial charge in [0.25, 0.3) is 0 Å². The van der Waals surface area contributed by atoms with Crippen molar-refractivity contribution in [3.05, 3.63) is 83.2 Å². The minimum Gasteiger partial charge on any atom is -0.384 e. The first-order valence-electron chi connectivity index (χ1n) is 7.76. The average Bonchev–Trinajstić information content (AvgIpc) is 3.05. The number of imidazole rings is 1. The zero-order chi connectivity index (χ0) is 18.1. The lowest BCUT2D eigenvalue weighted by Gasteiger charge is -2.05. The van der Waals surface area contributed by atoms with Gasteiger partial charge in [-0.15, -0.1) is 0 Å². The van der Waals surface area contributed by atoms with E-state index in [0.29, 0.717) is 27.7 Å². The lowest BCUT2D eigenvalue weighted by Crippen LogP contribution is -1.94. The summed E-state index contributed by atoms with van der Waals surface area (Å²) in [6, 6.07) is 12.1. The topological polar surface area (TPSA) is 56.2 Å². The third kappa shape index (κ3) is 3.10. The summed E-state index contributed by atoms with van der Waals surface area (Å²) in [4.78, 5) is 8.12. The van der Waals surface area contributed by atoms with Gasteiger partial charge < -0.3 is 5.73 Å². The molecule has 0 fully saturated rings. The summed E-state index contributed by atoms with van der Waals surface area (Å²) in [5.41, 5.74) is 8.64. The maximum Gasteiger partial charge on any atom is 0.174 e. The molecule has 0 unspecified atom stereocenters. The van der Waals surface area contributed by atoms with Gasteiger partial charge in [0.1, 0.15) is 11.5 Å². The van der Waals surface area contributed by atoms with Crippen molar-refractivity contribution in [2.75, 3.05) is 5.73 Å². The zero-order valence-electron chi connectivity index (χ0n) is 13.4. The van der Waals surface area contributed by atoms with Gasteiger partial charge in [-0.1, -0.05) is 29.7 Å². The van der Waals surface area contributed by atoms with E-state index in [0.717, 1.165) is 5.56 Å². The molecule has 0 bridgehead atoms. The van der Waals surface area contributed by atoms with Crippen LogP contribution in [0.2, 0.25) is 5.02 Å². The number of nitrogen functional groups attached to an aromatic ring is 1. The molecule has 0 aliphatic carbocycles. The first-order chi connectivity index (χ1) is 12.6. The van der Waals surface area contributed by atoms with E-state index in [1.54, 1.807) is 47.3 Å². The Morgan fingerprint density at radius 1 is 0.962 bits per heavy atom. The highest BCUT2D eigenvalue weighted by Crippen LogP contribution is 2.24. The molecule has 2 N–H and O–H groups in total. The quantitative estimate of drug-likeness (QED) is 0.517. The molecule has 1 aromatic carbocycles. The predicted octanol–water partition coefficient (Wildman–Crippen LogP) is 4.17. The van der Waals surface area contributed by atoms with Crippen LogP contribution in [0.4, 0.5) is 10.2 Å². The van der Waals surface area contributed by atoms with Gasteiger partial charge in [-0.25, -0.2) is 14.4 Å². The Labute approximate surface area is 154 Å². The molecule has 26 heavy (non-hydrogen) atoms. The van der Waals surface area contributed by atoms with Crippen LogP contribution in [0.5, 0.6) is 0 Å². The minimum atomic E-state index is -0.417. The van der Waals surface area contributed by atoms with Crippen LogP contribution in [0.1, 0.15) is 11.3 Å². The van der Waals surface area contributed by atoms with Crippen LogP contribution in [0.15, 0.2) is 61.1 Å². The summed E-state index contributed by atoms with van der Waals surface area (Å²) in [6.45, 7) is 0. The van der Waals surface area contributed by atoms with Gasteiger partial charge in [0.05, 0.1) is 6.20 Å². The van der Waals surface area contributed by atoms with Gasteiger partial charge in [0, 0.05) is 28.5 Å². The second-order valence-corrected chi connectivity index (χ2v) is 6.08. The minimum absolute atomic E-state index is 0.224. The highest BCUT2D eigenvalue weighted by Gasteiger charge is 2.10. The van der Waals surface area contributed by atoms with Crippen molar-refractivity contribution in [2.45, 2.75) is 0 Å². The normalized spacial score (nSPS) is 10.5. The first-order valence-corrected chi connectivity index (χ1v) is 8.14. The number of rotatable bonds is 1. The van der Waals surface area contributed by atoms with E-state index >= 15 is 0 Å². The number of aromatic nitrogens is 3. The molecule has 6 heteroatoms. The van der Waals surface area contributed by atoms with E-state index in [-0.39, 0.29) is 5.65 Å². The fourth-order valence-corrected chi connectivity index (χ4v) is 2.68. The number of fused-ring (bicyclic) bond motifs is 1. The van der Waals surface area contributed by atoms with Crippen molar-refractivity contribution in [2.24, 2.45) is 0 Å². The van der Waals surface area contributed by atoms with Crippen LogP contribution in [0.3, 0.4) is 0 Å². The van der Waals surface area contributed by atoms with Crippen molar-refractivity contribution in [1.29, 1.82) is 0 Å². The molecule has 0 saturated carbocycles. The molecule has 0 radical (unpaired) electrons. The van der Waals surface area contributed by atoms with Crippen molar-refractivity contribution in [3.63, 3.8) is 0 Å². The zero-order valence-corrected chi connectivity index (χ0v) is 14.2. The molecule has 0 aliphatic heterocycles. The first kappa shape index (κ1) is 16.1. The van der Waals surface area contributed by atoms with E-state index in [1.807, 2.05) is 12.1 Å². The molecule has 3 aromatic heterocycles. The molecular weight excluding hydrogens is 351 g/mol. The molecule has 0 amide bonds. The Kier molecular flexibility index (Phi) is 4.04. The van der Waals surface area contributed by atoms with Crippen molar-refractivity contribution in [1.82, 2.24) is 14.4 Å². The number of halogens is 2. The van der Waals surface area contributed by atoms with Gasteiger partial charge >= 0.3 is 0 Å². The van der Waals surface area contributed by atoms with Crippen molar-refractivity contribution < 1.29 is 4.39 Å². The molecule has 0 saturated heterocycles. The summed E-state index contributed by atoms with van der Waals surface area (Å²) in [7, 11) is 0. The van der Waals surface area contributed by atoms with Crippen molar-refractivity contribution in [3.8, 4) is 23.0 Å². The Morgan fingerprint density at radius 3 is 2.50 bits per heavy atom. The fraction of sp³-hybridized carbons (Fsp3) is 0. The SMILES string of the molecule is Nc1ccc(C#Cc2cnc3c(F)cc(-c4ccc(Cl)cc4)cn23)cn1. The van der Waals surface area contributed by atoms with Crippen molar-refractivity contribution >= 4 is 23.1 Å². The summed E-state index contributed by atoms with van der Waals surface area (Å²) in [6.07, 6.45) is 4.94. The number of benzene rings is 1. The van der Waals surface area contributed by atoms with Gasteiger partial charge in [-0.3, -0.25) is 4.40 Å². The van der Waals surface area contributed by atoms with E-state index in [2.05, 4.69) is 21.8 Å². The average molecular weight is 363 g/mol. The third-order valence-electron chi connectivity index (χ3n) is 3.86. The lowest BCUT2D eigenvalue weighted by atomic mass is 10.1. The number of pyridine rings is 2. The standard InChI is InChI=1S/C20H12ClFN4/c21-16-5-3-14(4-6-16)15-9-18(22)20-25-11-17(26(20)12-15)7-1-13-2-8-19(23)24-10-13/h2-6,8-12H,(H2,23,24). The molecule has 126 valence electrons. The maximum absolute atomic E-state index is 14.5.